The second-order valence-electron chi connectivity index (χ2n) is 9.98. The Morgan fingerprint density at radius 2 is 2.00 bits per heavy atom. The third-order valence-electron chi connectivity index (χ3n) is 7.64. The molecule has 0 spiro atoms. The number of amides is 1. The second-order valence-corrected chi connectivity index (χ2v) is 9.98. The number of carbonyl (C=O) groups excluding carboxylic acids is 1. The van der Waals surface area contributed by atoms with Crippen molar-refractivity contribution in [2.24, 2.45) is 16.5 Å². The average molecular weight is 516 g/mol. The first-order valence-corrected chi connectivity index (χ1v) is 13.1. The number of allylic oxidation sites excluding steroid dienone is 1. The molecule has 3 aliphatic heterocycles. The minimum atomic E-state index is -2.68. The van der Waals surface area contributed by atoms with E-state index in [0.29, 0.717) is 43.2 Å². The van der Waals surface area contributed by atoms with E-state index in [9.17, 15) is 13.6 Å². The fourth-order valence-corrected chi connectivity index (χ4v) is 5.63. The van der Waals surface area contributed by atoms with Crippen LogP contribution in [0.3, 0.4) is 0 Å². The Bertz CT molecular complexity index is 1080. The molecule has 3 aliphatic rings. The van der Waals surface area contributed by atoms with Crippen LogP contribution in [0.5, 0.6) is 0 Å². The van der Waals surface area contributed by atoms with Crippen molar-refractivity contribution < 1.29 is 13.6 Å². The summed E-state index contributed by atoms with van der Waals surface area (Å²) in [5.74, 6) is 0.00739. The lowest BCUT2D eigenvalue weighted by Gasteiger charge is -2.42. The first-order valence-electron chi connectivity index (χ1n) is 13.1. The molecule has 6 N–H and O–H groups in total. The lowest BCUT2D eigenvalue weighted by molar-refractivity contribution is -0.128. The highest BCUT2D eigenvalue weighted by Crippen LogP contribution is 2.38. The van der Waals surface area contributed by atoms with Gasteiger partial charge in [0.1, 0.15) is 6.17 Å². The summed E-state index contributed by atoms with van der Waals surface area (Å²) in [5, 5.41) is 7.11. The molecule has 202 valence electrons. The van der Waals surface area contributed by atoms with Crippen LogP contribution in [0.15, 0.2) is 34.6 Å². The number of nitrogens with two attached hydrogens (primary N) is 2. The Balaban J connectivity index is 1.72. The fourth-order valence-electron chi connectivity index (χ4n) is 5.63. The Morgan fingerprint density at radius 3 is 2.65 bits per heavy atom. The lowest BCUT2D eigenvalue weighted by atomic mass is 9.91. The summed E-state index contributed by atoms with van der Waals surface area (Å²) in [7, 11) is 1.59. The van der Waals surface area contributed by atoms with E-state index in [0.717, 1.165) is 61.3 Å². The molecule has 0 saturated carbocycles. The van der Waals surface area contributed by atoms with Crippen molar-refractivity contribution in [1.82, 2.24) is 15.5 Å². The molecule has 1 unspecified atom stereocenters. The fraction of sp³-hybridized carbons (Fsp3) is 0.556. The van der Waals surface area contributed by atoms with Gasteiger partial charge in [-0.15, -0.1) is 0 Å². The van der Waals surface area contributed by atoms with Crippen LogP contribution in [0.4, 0.5) is 14.5 Å². The maximum atomic E-state index is 14.2. The van der Waals surface area contributed by atoms with E-state index in [2.05, 4.69) is 15.6 Å². The maximum Gasteiger partial charge on any atom is 0.264 e. The number of piperidine rings is 1. The molecular formula is C27H39F2N7O. The summed E-state index contributed by atoms with van der Waals surface area (Å²) >= 11 is 0. The van der Waals surface area contributed by atoms with E-state index in [1.54, 1.807) is 26.1 Å². The van der Waals surface area contributed by atoms with Gasteiger partial charge in [0.15, 0.2) is 0 Å². The van der Waals surface area contributed by atoms with E-state index < -0.39 is 12.6 Å². The molecule has 0 bridgehead atoms. The first-order chi connectivity index (χ1) is 17.8. The summed E-state index contributed by atoms with van der Waals surface area (Å²) in [6, 6.07) is 3.72. The molecule has 10 heteroatoms. The van der Waals surface area contributed by atoms with Crippen LogP contribution in [0.25, 0.3) is 5.57 Å². The zero-order valence-corrected chi connectivity index (χ0v) is 21.8. The molecule has 8 nitrogen and oxygen atoms in total. The normalized spacial score (nSPS) is 20.5. The number of halogens is 2. The van der Waals surface area contributed by atoms with Gasteiger partial charge in [-0.25, -0.2) is 8.78 Å². The van der Waals surface area contributed by atoms with Crippen LogP contribution in [0, 0.1) is 0 Å². The van der Waals surface area contributed by atoms with Crippen LogP contribution in [0.2, 0.25) is 0 Å². The van der Waals surface area contributed by atoms with Gasteiger partial charge in [-0.1, -0.05) is 0 Å². The Hall–Kier alpha value is -2.98. The van der Waals surface area contributed by atoms with Gasteiger partial charge in [-0.2, -0.15) is 0 Å². The van der Waals surface area contributed by atoms with E-state index >= 15 is 0 Å². The molecule has 3 heterocycles. The minimum Gasteiger partial charge on any atom is -0.404 e. The van der Waals surface area contributed by atoms with Crippen molar-refractivity contribution in [2.45, 2.75) is 57.7 Å². The Morgan fingerprint density at radius 1 is 1.24 bits per heavy atom. The van der Waals surface area contributed by atoms with Crippen LogP contribution in [-0.2, 0) is 11.2 Å². The Kier molecular flexibility index (Phi) is 8.81. The molecule has 37 heavy (non-hydrogen) atoms. The van der Waals surface area contributed by atoms with E-state index in [1.807, 2.05) is 9.80 Å². The highest BCUT2D eigenvalue weighted by Gasteiger charge is 2.32. The van der Waals surface area contributed by atoms with Gasteiger partial charge in [0, 0.05) is 86.6 Å². The molecule has 1 saturated heterocycles. The van der Waals surface area contributed by atoms with E-state index in [1.165, 1.54) is 12.4 Å². The number of benzene rings is 1. The standard InChI is InChI=1S/C27H39F2N7O/c1-17(37)35-11-7-24(34-20-5-8-33-9-6-20)23(16-35)27(31)36-10-3-4-18-12-21(19(14-30)15-32-2)22(26(28)29)13-25(18)36/h12-15,20,26-27,33-34H,3-11,16,30-31H2,1-2H3. The number of aryl methyl sites for hydroxylation is 1. The van der Waals surface area contributed by atoms with Gasteiger partial charge in [0.2, 0.25) is 5.91 Å². The number of anilines is 1. The summed E-state index contributed by atoms with van der Waals surface area (Å²) in [6.07, 6.45) is 3.95. The van der Waals surface area contributed by atoms with Gasteiger partial charge in [0.05, 0.1) is 0 Å². The third kappa shape index (κ3) is 5.96. The van der Waals surface area contributed by atoms with Crippen molar-refractivity contribution in [1.29, 1.82) is 0 Å². The molecule has 1 amide bonds. The first kappa shape index (κ1) is 27.1. The monoisotopic (exact) mass is 515 g/mol. The van der Waals surface area contributed by atoms with Crippen LogP contribution in [0.1, 0.15) is 55.7 Å². The molecule has 0 aromatic heterocycles. The predicted octanol–water partition coefficient (Wildman–Crippen LogP) is 2.51. The molecule has 1 aromatic carbocycles. The SMILES string of the molecule is CN=CC(=CN)c1cc2c(cc1C(F)F)N(C(N)C1=C(NC3CCNCC3)CCN(C(C)=O)C1)CCC2. The van der Waals surface area contributed by atoms with Crippen LogP contribution >= 0.6 is 0 Å². The van der Waals surface area contributed by atoms with Crippen molar-refractivity contribution in [3.05, 3.63) is 46.3 Å². The van der Waals surface area contributed by atoms with E-state index in [-0.39, 0.29) is 11.5 Å². The predicted molar refractivity (Wildman–Crippen MR) is 145 cm³/mol. The molecule has 1 aromatic rings. The topological polar surface area (TPSA) is 112 Å². The van der Waals surface area contributed by atoms with Crippen molar-refractivity contribution >= 4 is 23.4 Å². The number of carbonyl (C=O) groups is 1. The number of nitrogens with zero attached hydrogens (tertiary/aromatic N) is 3. The molecular weight excluding hydrogens is 476 g/mol. The summed E-state index contributed by atoms with van der Waals surface area (Å²) in [4.78, 5) is 20.1. The molecule has 0 aliphatic carbocycles. The van der Waals surface area contributed by atoms with Crippen molar-refractivity contribution in [2.75, 3.05) is 44.7 Å². The number of hydrogen-bond acceptors (Lipinski definition) is 7. The van der Waals surface area contributed by atoms with Gasteiger partial charge in [-0.05, 0) is 62.0 Å². The van der Waals surface area contributed by atoms with Gasteiger partial charge in [0.25, 0.3) is 6.43 Å². The highest BCUT2D eigenvalue weighted by atomic mass is 19.3. The molecule has 0 radical (unpaired) electrons. The lowest BCUT2D eigenvalue weighted by Crippen LogP contribution is -2.52. The van der Waals surface area contributed by atoms with Crippen LogP contribution in [-0.4, -0.2) is 69.0 Å². The number of alkyl halides is 2. The molecule has 1 atom stereocenters. The van der Waals surface area contributed by atoms with E-state index in [4.69, 9.17) is 11.5 Å². The van der Waals surface area contributed by atoms with Crippen molar-refractivity contribution in [3.8, 4) is 0 Å². The molecule has 4 rings (SSSR count). The third-order valence-corrected chi connectivity index (χ3v) is 7.64. The largest absolute Gasteiger partial charge is 0.404 e. The van der Waals surface area contributed by atoms with Crippen LogP contribution < -0.4 is 27.0 Å². The highest BCUT2D eigenvalue weighted by molar-refractivity contribution is 6.10. The zero-order valence-electron chi connectivity index (χ0n) is 21.8. The Labute approximate surface area is 217 Å². The number of aliphatic imine (C=N–C) groups is 1. The number of fused-ring (bicyclic) bond motifs is 1. The minimum absolute atomic E-state index is 0.00739. The second kappa shape index (κ2) is 12.0. The van der Waals surface area contributed by atoms with Gasteiger partial charge < -0.3 is 31.9 Å². The number of nitrogens with one attached hydrogen (secondary N) is 2. The summed E-state index contributed by atoms with van der Waals surface area (Å²) < 4.78 is 28.5. The zero-order chi connectivity index (χ0) is 26.5. The molecule has 1 fully saturated rings. The van der Waals surface area contributed by atoms with Gasteiger partial charge in [-0.3, -0.25) is 9.79 Å². The average Bonchev–Trinajstić information content (AvgIpc) is 2.90. The summed E-state index contributed by atoms with van der Waals surface area (Å²) in [6.45, 7) is 5.22. The maximum absolute atomic E-state index is 14.2. The van der Waals surface area contributed by atoms with Crippen molar-refractivity contribution in [3.63, 3.8) is 0 Å². The smallest absolute Gasteiger partial charge is 0.264 e. The summed E-state index contributed by atoms with van der Waals surface area (Å²) in [5.41, 5.74) is 17.2. The number of hydrogen-bond donors (Lipinski definition) is 4. The number of rotatable bonds is 7. The van der Waals surface area contributed by atoms with Gasteiger partial charge >= 0.3 is 0 Å². The quantitative estimate of drug-likeness (QED) is 0.415.